The number of amides is 1. The van der Waals surface area contributed by atoms with Crippen LogP contribution in [0, 0.1) is 5.41 Å². The molecule has 0 saturated carbocycles. The molecule has 0 bridgehead atoms. The average Bonchev–Trinajstić information content (AvgIpc) is 2.54. The van der Waals surface area contributed by atoms with Gasteiger partial charge >= 0.3 is 12.1 Å². The number of likely N-dealkylation sites (tertiary alicyclic amines) is 1. The molecular formula is C11H17NO5. The van der Waals surface area contributed by atoms with Gasteiger partial charge in [-0.05, 0) is 5.41 Å². The summed E-state index contributed by atoms with van der Waals surface area (Å²) in [5, 5.41) is 9.15. The fourth-order valence-electron chi connectivity index (χ4n) is 2.21. The van der Waals surface area contributed by atoms with Gasteiger partial charge in [-0.2, -0.15) is 0 Å². The molecule has 1 rings (SSSR count). The topological polar surface area (TPSA) is 83.9 Å². The van der Waals surface area contributed by atoms with Crippen molar-refractivity contribution in [2.45, 2.75) is 39.3 Å². The van der Waals surface area contributed by atoms with Crippen molar-refractivity contribution in [1.82, 2.24) is 4.90 Å². The van der Waals surface area contributed by atoms with Gasteiger partial charge in [0.25, 0.3) is 0 Å². The second-order valence-electron chi connectivity index (χ2n) is 5.17. The first-order chi connectivity index (χ1) is 7.70. The molecule has 1 aliphatic rings. The number of carboxylic acid groups (broad SMARTS) is 1. The molecule has 1 N–H and O–H groups in total. The van der Waals surface area contributed by atoms with E-state index in [9.17, 15) is 14.4 Å². The number of carbonyl (C=O) groups excluding carboxylic acids is 2. The number of Topliss-reactive ketones (excluding diaryl/α,β-unsaturated/α-hetero) is 1. The Balaban J connectivity index is 3.12. The molecule has 17 heavy (non-hydrogen) atoms. The Morgan fingerprint density at radius 2 is 1.94 bits per heavy atom. The van der Waals surface area contributed by atoms with Gasteiger partial charge in [-0.15, -0.1) is 0 Å². The molecule has 2 unspecified atom stereocenters. The molecule has 0 spiro atoms. The van der Waals surface area contributed by atoms with Crippen molar-refractivity contribution in [2.75, 3.05) is 7.11 Å². The zero-order chi connectivity index (χ0) is 13.4. The summed E-state index contributed by atoms with van der Waals surface area (Å²) >= 11 is 0. The number of ketones is 1. The van der Waals surface area contributed by atoms with Crippen molar-refractivity contribution in [2.24, 2.45) is 5.41 Å². The van der Waals surface area contributed by atoms with Gasteiger partial charge in [0.2, 0.25) is 0 Å². The molecule has 0 radical (unpaired) electrons. The van der Waals surface area contributed by atoms with E-state index in [2.05, 4.69) is 4.74 Å². The number of methoxy groups -OCH3 is 1. The van der Waals surface area contributed by atoms with Crippen LogP contribution in [-0.4, -0.2) is 47.0 Å². The number of hydrogen-bond donors (Lipinski definition) is 1. The molecule has 96 valence electrons. The third kappa shape index (κ3) is 2.40. The summed E-state index contributed by atoms with van der Waals surface area (Å²) in [5.41, 5.74) is -0.543. The summed E-state index contributed by atoms with van der Waals surface area (Å²) in [5.74, 6) is -0.928. The van der Waals surface area contributed by atoms with Crippen LogP contribution in [0.1, 0.15) is 27.2 Å². The zero-order valence-corrected chi connectivity index (χ0v) is 10.4. The Kier molecular flexibility index (Phi) is 3.45. The molecule has 1 saturated heterocycles. The van der Waals surface area contributed by atoms with Crippen LogP contribution in [0.2, 0.25) is 0 Å². The summed E-state index contributed by atoms with van der Waals surface area (Å²) in [6.45, 7) is 5.31. The lowest BCUT2D eigenvalue weighted by Crippen LogP contribution is -2.50. The standard InChI is InChI=1S/C11H17NO5/c1-11(2,3)8-7(13)5-6(9(14)17-4)12(8)10(15)16/h6,8H,5H2,1-4H3,(H,15,16). The Morgan fingerprint density at radius 1 is 1.41 bits per heavy atom. The van der Waals surface area contributed by atoms with Gasteiger partial charge in [0, 0.05) is 6.42 Å². The van der Waals surface area contributed by atoms with E-state index in [0.29, 0.717) is 0 Å². The highest BCUT2D eigenvalue weighted by atomic mass is 16.5. The largest absolute Gasteiger partial charge is 0.467 e. The first kappa shape index (κ1) is 13.5. The van der Waals surface area contributed by atoms with Gasteiger partial charge in [0.15, 0.2) is 5.78 Å². The minimum absolute atomic E-state index is 0.110. The van der Waals surface area contributed by atoms with Gasteiger partial charge in [0.1, 0.15) is 6.04 Å². The van der Waals surface area contributed by atoms with Crippen LogP contribution in [0.25, 0.3) is 0 Å². The number of hydrogen-bond acceptors (Lipinski definition) is 4. The summed E-state index contributed by atoms with van der Waals surface area (Å²) in [6.07, 6.45) is -1.38. The van der Waals surface area contributed by atoms with Crippen LogP contribution >= 0.6 is 0 Å². The minimum atomic E-state index is -1.27. The van der Waals surface area contributed by atoms with Crippen molar-refractivity contribution in [3.05, 3.63) is 0 Å². The molecule has 0 aromatic rings. The quantitative estimate of drug-likeness (QED) is 0.691. The molecule has 1 aliphatic heterocycles. The monoisotopic (exact) mass is 243 g/mol. The van der Waals surface area contributed by atoms with Crippen molar-refractivity contribution in [1.29, 1.82) is 0 Å². The van der Waals surface area contributed by atoms with E-state index in [1.54, 1.807) is 20.8 Å². The van der Waals surface area contributed by atoms with E-state index in [4.69, 9.17) is 5.11 Å². The van der Waals surface area contributed by atoms with Gasteiger partial charge in [-0.3, -0.25) is 9.69 Å². The molecule has 6 heteroatoms. The van der Waals surface area contributed by atoms with E-state index >= 15 is 0 Å². The average molecular weight is 243 g/mol. The highest BCUT2D eigenvalue weighted by Crippen LogP contribution is 2.34. The van der Waals surface area contributed by atoms with Crippen LogP contribution in [-0.2, 0) is 14.3 Å². The number of nitrogens with zero attached hydrogens (tertiary/aromatic N) is 1. The maximum absolute atomic E-state index is 11.9. The number of carbonyl (C=O) groups is 3. The Morgan fingerprint density at radius 3 is 2.29 bits per heavy atom. The predicted molar refractivity (Wildman–Crippen MR) is 58.5 cm³/mol. The fourth-order valence-corrected chi connectivity index (χ4v) is 2.21. The van der Waals surface area contributed by atoms with Gasteiger partial charge in [0.05, 0.1) is 13.2 Å². The third-order valence-corrected chi connectivity index (χ3v) is 2.83. The molecule has 0 aromatic heterocycles. The normalized spacial score (nSPS) is 24.9. The Bertz CT molecular complexity index is 357. The molecule has 1 amide bonds. The molecule has 0 aliphatic carbocycles. The third-order valence-electron chi connectivity index (χ3n) is 2.83. The van der Waals surface area contributed by atoms with Gasteiger partial charge in [-0.1, -0.05) is 20.8 Å². The van der Waals surface area contributed by atoms with Crippen molar-refractivity contribution in [3.63, 3.8) is 0 Å². The lowest BCUT2D eigenvalue weighted by Gasteiger charge is -2.33. The van der Waals surface area contributed by atoms with Crippen LogP contribution in [0.3, 0.4) is 0 Å². The van der Waals surface area contributed by atoms with Crippen molar-refractivity contribution >= 4 is 17.8 Å². The highest BCUT2D eigenvalue weighted by molar-refractivity contribution is 5.98. The predicted octanol–water partition coefficient (Wildman–Crippen LogP) is 0.896. The lowest BCUT2D eigenvalue weighted by molar-refractivity contribution is -0.146. The van der Waals surface area contributed by atoms with E-state index in [1.807, 2.05) is 0 Å². The van der Waals surface area contributed by atoms with Crippen molar-refractivity contribution in [3.8, 4) is 0 Å². The number of ether oxygens (including phenoxy) is 1. The first-order valence-electron chi connectivity index (χ1n) is 5.32. The Labute approximate surface area is 99.5 Å². The summed E-state index contributed by atoms with van der Waals surface area (Å²) in [4.78, 5) is 35.4. The summed E-state index contributed by atoms with van der Waals surface area (Å²) in [7, 11) is 1.18. The van der Waals surface area contributed by atoms with E-state index < -0.39 is 29.6 Å². The summed E-state index contributed by atoms with van der Waals surface area (Å²) < 4.78 is 4.53. The number of esters is 1. The van der Waals surface area contributed by atoms with Crippen LogP contribution in [0.4, 0.5) is 4.79 Å². The van der Waals surface area contributed by atoms with Gasteiger partial charge in [-0.25, -0.2) is 9.59 Å². The fraction of sp³-hybridized carbons (Fsp3) is 0.727. The zero-order valence-electron chi connectivity index (χ0n) is 10.4. The van der Waals surface area contributed by atoms with Crippen LogP contribution in [0.5, 0.6) is 0 Å². The molecule has 0 aromatic carbocycles. The second kappa shape index (κ2) is 4.35. The molecule has 2 atom stereocenters. The minimum Gasteiger partial charge on any atom is -0.467 e. The highest BCUT2D eigenvalue weighted by Gasteiger charge is 2.51. The van der Waals surface area contributed by atoms with E-state index in [0.717, 1.165) is 4.90 Å². The smallest absolute Gasteiger partial charge is 0.408 e. The maximum Gasteiger partial charge on any atom is 0.408 e. The lowest BCUT2D eigenvalue weighted by atomic mass is 9.85. The second-order valence-corrected chi connectivity index (χ2v) is 5.17. The summed E-state index contributed by atoms with van der Waals surface area (Å²) in [6, 6.07) is -1.82. The van der Waals surface area contributed by atoms with Gasteiger partial charge < -0.3 is 9.84 Å². The first-order valence-corrected chi connectivity index (χ1v) is 5.32. The van der Waals surface area contributed by atoms with Crippen molar-refractivity contribution < 1.29 is 24.2 Å². The van der Waals surface area contributed by atoms with Crippen LogP contribution < -0.4 is 0 Å². The maximum atomic E-state index is 11.9. The molecule has 1 fully saturated rings. The van der Waals surface area contributed by atoms with E-state index in [-0.39, 0.29) is 12.2 Å². The number of rotatable bonds is 1. The van der Waals surface area contributed by atoms with Crippen LogP contribution in [0.15, 0.2) is 0 Å². The molecular weight excluding hydrogens is 226 g/mol. The molecule has 1 heterocycles. The van der Waals surface area contributed by atoms with E-state index in [1.165, 1.54) is 7.11 Å². The SMILES string of the molecule is COC(=O)C1CC(=O)C(C(C)(C)C)N1C(=O)O. The Hall–Kier alpha value is -1.59. The molecule has 6 nitrogen and oxygen atoms in total.